The van der Waals surface area contributed by atoms with Crippen LogP contribution in [0.2, 0.25) is 5.28 Å². The number of hydrogen-bond donors (Lipinski definition) is 1. The summed E-state index contributed by atoms with van der Waals surface area (Å²) in [6.45, 7) is 2.62. The van der Waals surface area contributed by atoms with Gasteiger partial charge in [0.2, 0.25) is 5.28 Å². The first-order chi connectivity index (χ1) is 15.2. The van der Waals surface area contributed by atoms with Gasteiger partial charge in [0, 0.05) is 19.6 Å². The van der Waals surface area contributed by atoms with Crippen LogP contribution in [0.3, 0.4) is 0 Å². The Morgan fingerprint density at radius 3 is 2.72 bits per heavy atom. The smallest absolute Gasteiger partial charge is 0.433 e. The van der Waals surface area contributed by atoms with E-state index in [9.17, 15) is 22.8 Å². The van der Waals surface area contributed by atoms with Gasteiger partial charge in [0.15, 0.2) is 17.7 Å². The van der Waals surface area contributed by atoms with Crippen molar-refractivity contribution >= 4 is 34.6 Å². The molecule has 9 nitrogen and oxygen atoms in total. The third kappa shape index (κ3) is 4.40. The Balaban J connectivity index is 1.85. The second-order valence-electron chi connectivity index (χ2n) is 7.59. The standard InChI is InChI=1S/C19H20ClF3N6O3/c1-2-3-7-28-13-14(27-8-6-24-9-12(27)32-16(30)19(21,22)23)25-17(20)26-15(13)29(18(28)31)10-11-4-5-11/h11-12,24H,4-10H2,1H3. The molecule has 2 aliphatic rings. The molecule has 1 aliphatic carbocycles. The highest BCUT2D eigenvalue weighted by Crippen LogP contribution is 2.33. The Morgan fingerprint density at radius 1 is 1.31 bits per heavy atom. The zero-order valence-electron chi connectivity index (χ0n) is 17.1. The summed E-state index contributed by atoms with van der Waals surface area (Å²) in [5.74, 6) is 3.72. The molecule has 1 saturated heterocycles. The lowest BCUT2D eigenvalue weighted by molar-refractivity contribution is -0.205. The number of imidazole rings is 1. The Morgan fingerprint density at radius 2 is 2.06 bits per heavy atom. The molecule has 1 aliphatic heterocycles. The maximum absolute atomic E-state index is 13.2. The highest BCUT2D eigenvalue weighted by molar-refractivity contribution is 6.28. The molecule has 3 heterocycles. The molecular formula is C19H20ClF3N6O3. The highest BCUT2D eigenvalue weighted by Gasteiger charge is 2.44. The van der Waals surface area contributed by atoms with Gasteiger partial charge >= 0.3 is 17.8 Å². The zero-order valence-corrected chi connectivity index (χ0v) is 17.8. The van der Waals surface area contributed by atoms with Crippen LogP contribution >= 0.6 is 11.6 Å². The number of alkyl halides is 3. The lowest BCUT2D eigenvalue weighted by Gasteiger charge is -2.36. The minimum absolute atomic E-state index is 0.0422. The lowest BCUT2D eigenvalue weighted by Crippen LogP contribution is -2.54. The second-order valence-corrected chi connectivity index (χ2v) is 7.93. The third-order valence-electron chi connectivity index (χ3n) is 5.30. The molecule has 2 aromatic rings. The van der Waals surface area contributed by atoms with E-state index >= 15 is 0 Å². The van der Waals surface area contributed by atoms with E-state index in [1.807, 2.05) is 0 Å². The van der Waals surface area contributed by atoms with Crippen LogP contribution in [0.15, 0.2) is 4.79 Å². The summed E-state index contributed by atoms with van der Waals surface area (Å²) in [4.78, 5) is 34.5. The number of nitrogens with zero attached hydrogens (tertiary/aromatic N) is 5. The average molecular weight is 473 g/mol. The van der Waals surface area contributed by atoms with Crippen LogP contribution in [0.4, 0.5) is 19.0 Å². The average Bonchev–Trinajstić information content (AvgIpc) is 3.52. The molecule has 172 valence electrons. The van der Waals surface area contributed by atoms with E-state index in [1.54, 1.807) is 6.92 Å². The Labute approximate surface area is 185 Å². The molecule has 13 heteroatoms. The fourth-order valence-electron chi connectivity index (χ4n) is 3.61. The van der Waals surface area contributed by atoms with Crippen LogP contribution in [0.5, 0.6) is 0 Å². The van der Waals surface area contributed by atoms with E-state index in [1.165, 1.54) is 14.0 Å². The number of esters is 1. The van der Waals surface area contributed by atoms with Gasteiger partial charge in [-0.25, -0.2) is 9.59 Å². The molecule has 0 radical (unpaired) electrons. The van der Waals surface area contributed by atoms with Crippen molar-refractivity contribution in [2.75, 3.05) is 24.5 Å². The molecular weight excluding hydrogens is 453 g/mol. The van der Waals surface area contributed by atoms with Gasteiger partial charge in [0.1, 0.15) is 5.52 Å². The van der Waals surface area contributed by atoms with Crippen molar-refractivity contribution in [2.24, 2.45) is 5.92 Å². The summed E-state index contributed by atoms with van der Waals surface area (Å²) in [6.07, 6.45) is -4.46. The largest absolute Gasteiger partial charge is 0.491 e. The normalized spacial score (nSPS) is 19.0. The molecule has 1 unspecified atom stereocenters. The fraction of sp³-hybridized carbons (Fsp3) is 0.579. The molecule has 32 heavy (non-hydrogen) atoms. The van der Waals surface area contributed by atoms with E-state index in [0.717, 1.165) is 12.8 Å². The number of hydrogen-bond acceptors (Lipinski definition) is 7. The molecule has 2 aromatic heterocycles. The van der Waals surface area contributed by atoms with Crippen molar-refractivity contribution < 1.29 is 22.7 Å². The van der Waals surface area contributed by atoms with Gasteiger partial charge in [-0.2, -0.15) is 23.1 Å². The minimum Gasteiger partial charge on any atom is -0.433 e. The zero-order chi connectivity index (χ0) is 23.0. The second kappa shape index (κ2) is 8.63. The Hall–Kier alpha value is -2.78. The topological polar surface area (TPSA) is 94.3 Å². The van der Waals surface area contributed by atoms with Gasteiger partial charge in [-0.1, -0.05) is 5.92 Å². The van der Waals surface area contributed by atoms with Crippen molar-refractivity contribution in [3.05, 3.63) is 15.8 Å². The molecule has 1 saturated carbocycles. The predicted octanol–water partition coefficient (Wildman–Crippen LogP) is 1.52. The molecule has 1 N–H and O–H groups in total. The number of aromatic nitrogens is 4. The number of piperazine rings is 1. The van der Waals surface area contributed by atoms with E-state index in [4.69, 9.17) is 16.3 Å². The SMILES string of the molecule is CC#CCn1c(=O)n(CC2CC2)c2nc(Cl)nc(N3CCNCC3OC(=O)C(F)(F)F)c21. The fourth-order valence-corrected chi connectivity index (χ4v) is 3.77. The molecule has 0 amide bonds. The van der Waals surface area contributed by atoms with Crippen LogP contribution in [0, 0.1) is 17.8 Å². The Bertz CT molecular complexity index is 1160. The van der Waals surface area contributed by atoms with Crippen LogP contribution in [0.1, 0.15) is 19.8 Å². The van der Waals surface area contributed by atoms with E-state index in [0.29, 0.717) is 19.0 Å². The Kier molecular flexibility index (Phi) is 6.05. The van der Waals surface area contributed by atoms with Crippen LogP contribution in [-0.4, -0.2) is 57.1 Å². The van der Waals surface area contributed by atoms with Crippen LogP contribution in [0.25, 0.3) is 11.2 Å². The number of rotatable bonds is 5. The van der Waals surface area contributed by atoms with Crippen molar-refractivity contribution in [1.82, 2.24) is 24.4 Å². The summed E-state index contributed by atoms with van der Waals surface area (Å²) in [6, 6.07) is 0. The van der Waals surface area contributed by atoms with Gasteiger partial charge in [0.25, 0.3) is 0 Å². The highest BCUT2D eigenvalue weighted by atomic mass is 35.5. The summed E-state index contributed by atoms with van der Waals surface area (Å²) >= 11 is 6.15. The summed E-state index contributed by atoms with van der Waals surface area (Å²) in [7, 11) is 0. The first-order valence-electron chi connectivity index (χ1n) is 10.0. The predicted molar refractivity (Wildman–Crippen MR) is 109 cm³/mol. The summed E-state index contributed by atoms with van der Waals surface area (Å²) in [5, 5.41) is 2.72. The quantitative estimate of drug-likeness (QED) is 0.400. The molecule has 0 aromatic carbocycles. The first-order valence-corrected chi connectivity index (χ1v) is 10.4. The first kappa shape index (κ1) is 22.4. The number of nitrogens with one attached hydrogen (secondary N) is 1. The van der Waals surface area contributed by atoms with Gasteiger partial charge in [-0.3, -0.25) is 9.13 Å². The number of anilines is 1. The molecule has 2 fully saturated rings. The number of carbonyl (C=O) groups excluding carboxylic acids is 1. The monoisotopic (exact) mass is 472 g/mol. The van der Waals surface area contributed by atoms with Crippen molar-refractivity contribution in [3.8, 4) is 11.8 Å². The molecule has 4 rings (SSSR count). The van der Waals surface area contributed by atoms with E-state index in [2.05, 4.69) is 27.1 Å². The number of halogens is 4. The number of carbonyl (C=O) groups is 1. The van der Waals surface area contributed by atoms with Crippen molar-refractivity contribution in [1.29, 1.82) is 0 Å². The third-order valence-corrected chi connectivity index (χ3v) is 5.47. The lowest BCUT2D eigenvalue weighted by atomic mass is 10.3. The van der Waals surface area contributed by atoms with Gasteiger partial charge < -0.3 is 15.0 Å². The molecule has 0 bridgehead atoms. The van der Waals surface area contributed by atoms with Gasteiger partial charge in [-0.05, 0) is 37.3 Å². The van der Waals surface area contributed by atoms with Gasteiger partial charge in [0.05, 0.1) is 13.1 Å². The van der Waals surface area contributed by atoms with E-state index < -0.39 is 18.4 Å². The van der Waals surface area contributed by atoms with Crippen molar-refractivity contribution in [2.45, 2.75) is 45.3 Å². The minimum atomic E-state index is -5.14. The van der Waals surface area contributed by atoms with E-state index in [-0.39, 0.29) is 47.6 Å². The van der Waals surface area contributed by atoms with Crippen LogP contribution in [-0.2, 0) is 22.6 Å². The van der Waals surface area contributed by atoms with Crippen LogP contribution < -0.4 is 15.9 Å². The maximum Gasteiger partial charge on any atom is 0.491 e. The number of ether oxygens (including phenoxy) is 1. The number of fused-ring (bicyclic) bond motifs is 1. The maximum atomic E-state index is 13.2. The molecule has 0 spiro atoms. The summed E-state index contributed by atoms with van der Waals surface area (Å²) in [5.41, 5.74) is 0.207. The molecule has 1 atom stereocenters. The summed E-state index contributed by atoms with van der Waals surface area (Å²) < 4.78 is 46.0. The van der Waals surface area contributed by atoms with Crippen molar-refractivity contribution in [3.63, 3.8) is 0 Å². The van der Waals surface area contributed by atoms with Gasteiger partial charge in [-0.15, -0.1) is 5.92 Å².